The maximum absolute atomic E-state index is 13.7. The zero-order chi connectivity index (χ0) is 36.5. The van der Waals surface area contributed by atoms with Crippen LogP contribution in [0.3, 0.4) is 0 Å². The summed E-state index contributed by atoms with van der Waals surface area (Å²) in [6, 6.07) is 7.54. The third-order valence-corrected chi connectivity index (χ3v) is 9.10. The fourth-order valence-electron chi connectivity index (χ4n) is 5.26. The second-order valence-corrected chi connectivity index (χ2v) is 13.7. The van der Waals surface area contributed by atoms with Gasteiger partial charge in [0.2, 0.25) is 0 Å². The Bertz CT molecular complexity index is 1500. The van der Waals surface area contributed by atoms with Crippen LogP contribution in [0.25, 0.3) is 0 Å². The number of benzene rings is 2. The molecule has 9 N–H and O–H groups in total. The molecule has 21 heteroatoms. The van der Waals surface area contributed by atoms with Crippen molar-refractivity contribution in [3.05, 3.63) is 58.1 Å². The zero-order valence-electron chi connectivity index (χ0n) is 27.9. The normalized spacial score (nSPS) is 21.3. The smallest absolute Gasteiger partial charge is 1.00 e. The number of carbonyl (C=O) groups excluding carboxylic acids is 2. The largest absolute Gasteiger partial charge is 1.00 e. The van der Waals surface area contributed by atoms with Crippen LogP contribution >= 0.6 is 31.0 Å². The number of carbonyl (C=O) groups is 2. The minimum atomic E-state index is -4.83. The average Bonchev–Trinajstić information content (AvgIpc) is 3.06. The molecule has 1 atom stereocenters. The molecule has 3 saturated carbocycles. The van der Waals surface area contributed by atoms with Crippen molar-refractivity contribution < 1.29 is 97.8 Å². The van der Waals surface area contributed by atoms with Crippen LogP contribution in [0, 0.1) is 11.6 Å². The van der Waals surface area contributed by atoms with Gasteiger partial charge < -0.3 is 57.1 Å². The third kappa shape index (κ3) is 13.1. The number of phosphoric acid groups is 1. The Hall–Kier alpha value is -1.67. The van der Waals surface area contributed by atoms with Crippen molar-refractivity contribution in [1.29, 1.82) is 0 Å². The van der Waals surface area contributed by atoms with E-state index in [1.807, 2.05) is 0 Å². The number of rotatable bonds is 15. The van der Waals surface area contributed by atoms with Crippen molar-refractivity contribution in [2.75, 3.05) is 39.8 Å². The first-order chi connectivity index (χ1) is 23.0. The van der Waals surface area contributed by atoms with Crippen LogP contribution in [-0.4, -0.2) is 99.5 Å². The van der Waals surface area contributed by atoms with Crippen molar-refractivity contribution in [1.82, 2.24) is 10.6 Å². The molecule has 276 valence electrons. The summed E-state index contributed by atoms with van der Waals surface area (Å²) in [5.41, 5.74) is 2.23. The summed E-state index contributed by atoms with van der Waals surface area (Å²) in [5.74, 6) is -2.19. The van der Waals surface area contributed by atoms with Crippen LogP contribution < -0.4 is 55.4 Å². The van der Waals surface area contributed by atoms with Crippen molar-refractivity contribution in [2.45, 2.75) is 54.8 Å². The van der Waals surface area contributed by atoms with E-state index in [2.05, 4.69) is 15.2 Å². The van der Waals surface area contributed by atoms with Gasteiger partial charge in [0.1, 0.15) is 23.1 Å². The maximum atomic E-state index is 13.7. The van der Waals surface area contributed by atoms with E-state index in [9.17, 15) is 22.9 Å². The van der Waals surface area contributed by atoms with Crippen LogP contribution in [0.4, 0.5) is 8.78 Å². The first-order valence-electron chi connectivity index (χ1n) is 14.7. The van der Waals surface area contributed by atoms with E-state index in [-0.39, 0.29) is 58.9 Å². The second kappa shape index (κ2) is 19.4. The fourth-order valence-corrected chi connectivity index (χ4v) is 5.69. The quantitative estimate of drug-likeness (QED) is 0.0593. The molecule has 0 unspecified atom stereocenters. The molecule has 3 fully saturated rings. The predicted molar refractivity (Wildman–Crippen MR) is 171 cm³/mol. The molecule has 5 rings (SSSR count). The molecule has 2 bridgehead atoms. The minimum Gasteiger partial charge on any atom is -1.00 e. The number of ether oxygens (including phenoxy) is 3. The summed E-state index contributed by atoms with van der Waals surface area (Å²) in [5, 5.41) is 30.7. The number of aliphatic hydroxyl groups excluding tert-OH is 3. The number of aliphatic hydroxyl groups is 3. The summed E-state index contributed by atoms with van der Waals surface area (Å²) < 4.78 is 59.4. The molecule has 0 heterocycles. The fraction of sp³-hybridized carbons (Fsp3) is 0.517. The van der Waals surface area contributed by atoms with E-state index in [1.54, 1.807) is 0 Å². The SMILES string of the molecule is NC(CO)(CO)CO.O=C(COc1ccc(Cl)c(F)c1)NC12CCC(NC(=O)COc3ccc(Cl)c(F)c3)(CC1)[C@@H](OCOP(=O)(O)O)C2.[H-].[Na+]. The molecule has 0 aliphatic heterocycles. The summed E-state index contributed by atoms with van der Waals surface area (Å²) in [6.45, 7) is -2.82. The maximum Gasteiger partial charge on any atom is 1.00 e. The van der Waals surface area contributed by atoms with E-state index in [0.29, 0.717) is 25.7 Å². The Balaban J connectivity index is 0.00000116. The van der Waals surface area contributed by atoms with Gasteiger partial charge in [-0.1, -0.05) is 23.2 Å². The van der Waals surface area contributed by atoms with E-state index in [1.165, 1.54) is 24.3 Å². The topological polar surface area (TPSA) is 239 Å². The third-order valence-electron chi connectivity index (χ3n) is 8.04. The van der Waals surface area contributed by atoms with Crippen molar-refractivity contribution in [3.8, 4) is 11.5 Å². The molecule has 2 aromatic carbocycles. The first-order valence-corrected chi connectivity index (χ1v) is 17.0. The molecule has 0 spiro atoms. The van der Waals surface area contributed by atoms with E-state index >= 15 is 0 Å². The summed E-state index contributed by atoms with van der Waals surface area (Å²) in [4.78, 5) is 43.7. The number of halogens is 4. The van der Waals surface area contributed by atoms with Crippen LogP contribution in [0.1, 0.15) is 33.5 Å². The molecular weight excluding hydrogens is 745 g/mol. The number of hydrogen-bond donors (Lipinski definition) is 8. The van der Waals surface area contributed by atoms with Crippen LogP contribution in [0.5, 0.6) is 11.5 Å². The summed E-state index contributed by atoms with van der Waals surface area (Å²) in [7, 11) is -4.83. The number of hydrogen-bond acceptors (Lipinski definition) is 11. The first kappa shape index (κ1) is 44.5. The molecule has 15 nitrogen and oxygen atoms in total. The van der Waals surface area contributed by atoms with Crippen molar-refractivity contribution in [2.24, 2.45) is 5.73 Å². The van der Waals surface area contributed by atoms with Crippen LogP contribution in [-0.2, 0) is 23.4 Å². The van der Waals surface area contributed by atoms with E-state index < -0.39 is 93.8 Å². The van der Waals surface area contributed by atoms with Gasteiger partial charge in [0, 0.05) is 17.7 Å². The molecule has 2 amide bonds. The summed E-state index contributed by atoms with van der Waals surface area (Å²) in [6.07, 6.45) is 0.952. The van der Waals surface area contributed by atoms with Gasteiger partial charge in [-0.25, -0.2) is 13.3 Å². The van der Waals surface area contributed by atoms with Gasteiger partial charge in [-0.05, 0) is 56.4 Å². The van der Waals surface area contributed by atoms with Gasteiger partial charge >= 0.3 is 37.4 Å². The van der Waals surface area contributed by atoms with Crippen LogP contribution in [0.15, 0.2) is 36.4 Å². The molecular formula is C29H39Cl2F2N3NaO12P. The Morgan fingerprint density at radius 1 is 0.900 bits per heavy atom. The van der Waals surface area contributed by atoms with Gasteiger partial charge in [0.25, 0.3) is 11.8 Å². The Labute approximate surface area is 319 Å². The zero-order valence-corrected chi connectivity index (χ0v) is 31.4. The second-order valence-electron chi connectivity index (χ2n) is 11.7. The van der Waals surface area contributed by atoms with Gasteiger partial charge in [-0.3, -0.25) is 14.1 Å². The molecule has 3 aliphatic carbocycles. The van der Waals surface area contributed by atoms with Gasteiger partial charge in [-0.15, -0.1) is 0 Å². The van der Waals surface area contributed by atoms with Crippen molar-refractivity contribution in [3.63, 3.8) is 0 Å². The molecule has 50 heavy (non-hydrogen) atoms. The van der Waals surface area contributed by atoms with E-state index in [0.717, 1.165) is 12.1 Å². The molecule has 0 saturated heterocycles. The van der Waals surface area contributed by atoms with E-state index in [4.69, 9.17) is 68.3 Å². The van der Waals surface area contributed by atoms with Crippen molar-refractivity contribution >= 4 is 42.8 Å². The minimum absolute atomic E-state index is 0. The number of nitrogens with two attached hydrogens (primary N) is 1. The number of nitrogens with one attached hydrogen (secondary N) is 2. The molecule has 0 aromatic heterocycles. The number of amides is 2. The predicted octanol–water partition coefficient (Wildman–Crippen LogP) is -1.35. The molecule has 0 radical (unpaired) electrons. The Morgan fingerprint density at radius 3 is 1.76 bits per heavy atom. The average molecular weight is 785 g/mol. The number of phosphoric ester groups is 1. The molecule has 3 aliphatic rings. The Kier molecular flexibility index (Phi) is 17.3. The number of fused-ring (bicyclic) bond motifs is 3. The monoisotopic (exact) mass is 783 g/mol. The molecule has 2 aromatic rings. The Morgan fingerprint density at radius 2 is 1.36 bits per heavy atom. The van der Waals surface area contributed by atoms with Gasteiger partial charge in [0.05, 0.1) is 47.0 Å². The van der Waals surface area contributed by atoms with Gasteiger partial charge in [-0.2, -0.15) is 0 Å². The summed E-state index contributed by atoms with van der Waals surface area (Å²) >= 11 is 11.3. The van der Waals surface area contributed by atoms with Gasteiger partial charge in [0.15, 0.2) is 20.0 Å². The standard InChI is InChI=1S/C25H27Cl2F2N2O9P.C4H11NO3.Na.H/c26-17-3-1-15(9-19(17)28)37-12-22(32)30-24-5-7-25(8-6-24,21(11-24)39-14-40-41(34,35)36)31-23(33)13-38-16-2-4-18(27)20(29)10-16;5-4(1-6,2-7)3-8;;/h1-4,9-10,21H,5-8,11-14H2,(H,30,32)(H,31,33)(H2,34,35,36);6-8H,1-3,5H2;;/q;;+1;-1/t21-,24?,25?;;;/m0.../s1. The van der Waals surface area contributed by atoms with Crippen LogP contribution in [0.2, 0.25) is 10.0 Å².